The van der Waals surface area contributed by atoms with Crippen molar-refractivity contribution in [2.24, 2.45) is 5.92 Å². The predicted octanol–water partition coefficient (Wildman–Crippen LogP) is 5.90. The first-order valence-corrected chi connectivity index (χ1v) is 14.1. The number of carbonyl (C=O) groups is 3. The minimum absolute atomic E-state index is 0.0820. The van der Waals surface area contributed by atoms with Gasteiger partial charge in [-0.15, -0.1) is 11.3 Å². The number of carbonyl (C=O) groups excluding carboxylic acids is 3. The van der Waals surface area contributed by atoms with Gasteiger partial charge in [0.15, 0.2) is 11.6 Å². The molecule has 0 unspecified atom stereocenters. The molecule has 1 spiro atoms. The van der Waals surface area contributed by atoms with Crippen molar-refractivity contribution in [3.8, 4) is 0 Å². The molecule has 0 radical (unpaired) electrons. The summed E-state index contributed by atoms with van der Waals surface area (Å²) in [5.74, 6) is -2.32. The van der Waals surface area contributed by atoms with E-state index in [1.165, 1.54) is 35.6 Å². The van der Waals surface area contributed by atoms with Gasteiger partial charge in [0.05, 0.1) is 21.8 Å². The molecule has 4 heterocycles. The zero-order valence-corrected chi connectivity index (χ0v) is 22.6. The van der Waals surface area contributed by atoms with Gasteiger partial charge >= 0.3 is 0 Å². The van der Waals surface area contributed by atoms with Gasteiger partial charge in [-0.05, 0) is 41.6 Å². The summed E-state index contributed by atoms with van der Waals surface area (Å²) in [5.41, 5.74) is 2.21. The standard InChI is InChI=1S/C32H23N3O5S/c1-18-16-26-32(22-11-3-4-12-23(22)33-31(32)38)27(29(36)19-8-6-9-20(17-19)35(39)40)28(30(37)25-14-7-15-41-25)34(26)24-13-5-2-10-21(18)24/h2-17,26-28H,1H3,(H,33,38)/t26-,27+,28-,32+/m1/s1. The number of ketones is 2. The number of anilines is 2. The lowest BCUT2D eigenvalue weighted by Gasteiger charge is -2.39. The summed E-state index contributed by atoms with van der Waals surface area (Å²) < 4.78 is 0. The number of Topliss-reactive ketones (excluding diaryl/α,β-unsaturated/α-hetero) is 2. The van der Waals surface area contributed by atoms with E-state index in [4.69, 9.17) is 0 Å². The van der Waals surface area contributed by atoms with Crippen LogP contribution < -0.4 is 10.2 Å². The zero-order chi connectivity index (χ0) is 28.5. The molecule has 4 aromatic rings. The highest BCUT2D eigenvalue weighted by Gasteiger charge is 2.70. The summed E-state index contributed by atoms with van der Waals surface area (Å²) in [6.45, 7) is 1.97. The number of fused-ring (bicyclic) bond motifs is 6. The number of benzene rings is 3. The highest BCUT2D eigenvalue weighted by atomic mass is 32.1. The van der Waals surface area contributed by atoms with Crippen molar-refractivity contribution in [2.45, 2.75) is 24.4 Å². The van der Waals surface area contributed by atoms with Crippen molar-refractivity contribution in [2.75, 3.05) is 10.2 Å². The number of nitrogens with zero attached hydrogens (tertiary/aromatic N) is 2. The summed E-state index contributed by atoms with van der Waals surface area (Å²) in [5, 5.41) is 16.4. The number of para-hydroxylation sites is 2. The monoisotopic (exact) mass is 561 g/mol. The molecule has 0 saturated carbocycles. The third kappa shape index (κ3) is 3.42. The molecule has 1 saturated heterocycles. The number of nitro benzene ring substituents is 1. The highest BCUT2D eigenvalue weighted by Crippen LogP contribution is 2.59. The smallest absolute Gasteiger partial charge is 0.270 e. The average molecular weight is 562 g/mol. The number of rotatable bonds is 5. The predicted molar refractivity (Wildman–Crippen MR) is 156 cm³/mol. The molecule has 1 fully saturated rings. The van der Waals surface area contributed by atoms with Crippen LogP contribution in [0.2, 0.25) is 0 Å². The first kappa shape index (κ1) is 25.1. The summed E-state index contributed by atoms with van der Waals surface area (Å²) in [4.78, 5) is 57.1. The Kier molecular flexibility index (Phi) is 5.55. The molecule has 4 atom stereocenters. The SMILES string of the molecule is CC1=C[C@H]2N(c3ccccc31)[C@@H](C(=O)c1cccs1)[C@@H](C(=O)c1cccc([N+](=O)[O-])c1)[C@@]21C(=O)Nc2ccccc21. The Bertz CT molecular complexity index is 1810. The number of nitro groups is 1. The summed E-state index contributed by atoms with van der Waals surface area (Å²) in [6.07, 6.45) is 1.99. The Morgan fingerprint density at radius 3 is 2.54 bits per heavy atom. The molecule has 8 nitrogen and oxygen atoms in total. The fourth-order valence-electron chi connectivity index (χ4n) is 6.90. The number of non-ortho nitro benzene ring substituents is 1. The van der Waals surface area contributed by atoms with E-state index in [1.54, 1.807) is 23.6 Å². The molecular formula is C32H23N3O5S. The zero-order valence-electron chi connectivity index (χ0n) is 21.8. The molecule has 1 amide bonds. The lowest BCUT2D eigenvalue weighted by atomic mass is 9.64. The maximum Gasteiger partial charge on any atom is 0.270 e. The van der Waals surface area contributed by atoms with Gasteiger partial charge in [0.1, 0.15) is 11.5 Å². The Labute approximate surface area is 239 Å². The van der Waals surface area contributed by atoms with Crippen LogP contribution >= 0.6 is 11.3 Å². The lowest BCUT2D eigenvalue weighted by Crippen LogP contribution is -2.51. The van der Waals surface area contributed by atoms with E-state index < -0.39 is 34.1 Å². The van der Waals surface area contributed by atoms with E-state index in [9.17, 15) is 24.5 Å². The van der Waals surface area contributed by atoms with Crippen LogP contribution in [0, 0.1) is 16.0 Å². The number of amides is 1. The second-order valence-electron chi connectivity index (χ2n) is 10.5. The van der Waals surface area contributed by atoms with E-state index in [-0.39, 0.29) is 22.9 Å². The Hall–Kier alpha value is -4.89. The highest BCUT2D eigenvalue weighted by molar-refractivity contribution is 7.12. The van der Waals surface area contributed by atoms with Gasteiger partial charge in [-0.3, -0.25) is 24.5 Å². The normalized spacial score (nSPS) is 23.8. The van der Waals surface area contributed by atoms with Crippen LogP contribution in [0.3, 0.4) is 0 Å². The second kappa shape index (κ2) is 9.07. The third-order valence-electron chi connectivity index (χ3n) is 8.54. The van der Waals surface area contributed by atoms with E-state index in [2.05, 4.69) is 5.32 Å². The Balaban J connectivity index is 1.55. The summed E-state index contributed by atoms with van der Waals surface area (Å²) in [6, 6.07) is 22.3. The van der Waals surface area contributed by atoms with Crippen molar-refractivity contribution in [1.29, 1.82) is 0 Å². The maximum absolute atomic E-state index is 14.8. The van der Waals surface area contributed by atoms with Gasteiger partial charge in [-0.1, -0.05) is 60.7 Å². The Morgan fingerprint density at radius 1 is 0.976 bits per heavy atom. The van der Waals surface area contributed by atoms with Crippen molar-refractivity contribution in [3.05, 3.63) is 128 Å². The minimum Gasteiger partial charge on any atom is -0.352 e. The van der Waals surface area contributed by atoms with Crippen LogP contribution in [0.4, 0.5) is 17.1 Å². The Morgan fingerprint density at radius 2 is 1.76 bits per heavy atom. The van der Waals surface area contributed by atoms with Gasteiger partial charge in [0.2, 0.25) is 5.91 Å². The van der Waals surface area contributed by atoms with E-state index in [0.717, 1.165) is 16.8 Å². The largest absolute Gasteiger partial charge is 0.352 e. The topological polar surface area (TPSA) is 110 Å². The number of hydrogen-bond donors (Lipinski definition) is 1. The first-order chi connectivity index (χ1) is 19.8. The molecule has 3 aliphatic rings. The van der Waals surface area contributed by atoms with Crippen LogP contribution in [-0.4, -0.2) is 34.5 Å². The molecule has 3 aromatic carbocycles. The fourth-order valence-corrected chi connectivity index (χ4v) is 7.60. The molecule has 1 aromatic heterocycles. The van der Waals surface area contributed by atoms with Crippen LogP contribution in [0.15, 0.2) is 96.4 Å². The van der Waals surface area contributed by atoms with Gasteiger partial charge in [0, 0.05) is 34.6 Å². The molecule has 0 bridgehead atoms. The van der Waals surface area contributed by atoms with E-state index >= 15 is 0 Å². The van der Waals surface area contributed by atoms with Gasteiger partial charge in [-0.2, -0.15) is 0 Å². The molecule has 41 heavy (non-hydrogen) atoms. The minimum atomic E-state index is -1.47. The van der Waals surface area contributed by atoms with Crippen LogP contribution in [0.25, 0.3) is 5.57 Å². The molecule has 202 valence electrons. The van der Waals surface area contributed by atoms with E-state index in [0.29, 0.717) is 16.1 Å². The number of allylic oxidation sites excluding steroid dienone is 1. The molecule has 3 aliphatic heterocycles. The van der Waals surface area contributed by atoms with Gasteiger partial charge in [0.25, 0.3) is 5.69 Å². The summed E-state index contributed by atoms with van der Waals surface area (Å²) in [7, 11) is 0. The van der Waals surface area contributed by atoms with E-state index in [1.807, 2.05) is 60.4 Å². The number of thiophene rings is 1. The lowest BCUT2D eigenvalue weighted by molar-refractivity contribution is -0.384. The quantitative estimate of drug-likeness (QED) is 0.185. The third-order valence-corrected chi connectivity index (χ3v) is 9.42. The van der Waals surface area contributed by atoms with Crippen molar-refractivity contribution in [3.63, 3.8) is 0 Å². The second-order valence-corrected chi connectivity index (χ2v) is 11.5. The van der Waals surface area contributed by atoms with Gasteiger partial charge in [-0.25, -0.2) is 0 Å². The van der Waals surface area contributed by atoms with Crippen LogP contribution in [-0.2, 0) is 10.2 Å². The van der Waals surface area contributed by atoms with Gasteiger partial charge < -0.3 is 10.2 Å². The van der Waals surface area contributed by atoms with Crippen LogP contribution in [0.1, 0.15) is 38.1 Å². The number of hydrogen-bond acceptors (Lipinski definition) is 7. The molecule has 7 rings (SSSR count). The maximum atomic E-state index is 14.8. The molecule has 9 heteroatoms. The molecule has 1 N–H and O–H groups in total. The first-order valence-electron chi connectivity index (χ1n) is 13.2. The van der Waals surface area contributed by atoms with Crippen LogP contribution in [0.5, 0.6) is 0 Å². The molecular weight excluding hydrogens is 538 g/mol. The summed E-state index contributed by atoms with van der Waals surface area (Å²) >= 11 is 1.28. The molecule has 0 aliphatic carbocycles. The van der Waals surface area contributed by atoms with Crippen molar-refractivity contribution < 1.29 is 19.3 Å². The van der Waals surface area contributed by atoms with Crippen molar-refractivity contribution >= 4 is 51.4 Å². The average Bonchev–Trinajstić information content (AvgIpc) is 3.70. The number of nitrogens with one attached hydrogen (secondary N) is 1. The van der Waals surface area contributed by atoms with Crippen molar-refractivity contribution in [1.82, 2.24) is 0 Å². The fraction of sp³-hybridized carbons (Fsp3) is 0.156.